The second-order valence-electron chi connectivity index (χ2n) is 12.5. The lowest BCUT2D eigenvalue weighted by molar-refractivity contribution is 0.672. The molecule has 0 aliphatic heterocycles. The van der Waals surface area contributed by atoms with Crippen LogP contribution in [0.15, 0.2) is 192 Å². The van der Waals surface area contributed by atoms with Gasteiger partial charge in [0.25, 0.3) is 0 Å². The maximum atomic E-state index is 8.57. The first-order valence-corrected chi connectivity index (χ1v) is 16.7. The number of nitrogens with zero attached hydrogens (tertiary/aromatic N) is 1. The Balaban J connectivity index is 1.15. The Bertz CT molecular complexity index is 3120. The zero-order chi connectivity index (χ0) is 37.4. The molecule has 0 bridgehead atoms. The number of para-hydroxylation sites is 1. The van der Waals surface area contributed by atoms with Crippen molar-refractivity contribution in [3.8, 4) is 22.3 Å². The number of furan rings is 1. The molecule has 2 nitrogen and oxygen atoms in total. The monoisotopic (exact) mass is 642 g/mol. The van der Waals surface area contributed by atoms with Crippen LogP contribution in [0.25, 0.3) is 76.5 Å². The van der Waals surface area contributed by atoms with Crippen LogP contribution in [-0.2, 0) is 0 Å². The van der Waals surface area contributed by atoms with E-state index >= 15 is 0 Å². The number of benzene rings is 9. The summed E-state index contributed by atoms with van der Waals surface area (Å²) in [6.45, 7) is 0. The molecule has 0 unspecified atom stereocenters. The van der Waals surface area contributed by atoms with Crippen LogP contribution in [-0.4, -0.2) is 0 Å². The number of anilines is 3. The van der Waals surface area contributed by atoms with Crippen LogP contribution in [0.2, 0.25) is 0 Å². The van der Waals surface area contributed by atoms with Crippen molar-refractivity contribution in [2.24, 2.45) is 0 Å². The molecule has 0 spiro atoms. The van der Waals surface area contributed by atoms with Gasteiger partial charge in [-0.3, -0.25) is 0 Å². The van der Waals surface area contributed by atoms with Crippen molar-refractivity contribution < 1.29 is 11.3 Å². The topological polar surface area (TPSA) is 16.4 Å². The van der Waals surface area contributed by atoms with E-state index in [2.05, 4.69) is 114 Å². The summed E-state index contributed by atoms with van der Waals surface area (Å²) in [5, 5.41) is 8.95. The third-order valence-corrected chi connectivity index (χ3v) is 9.74. The summed E-state index contributed by atoms with van der Waals surface area (Å²) in [6, 6.07) is 52.5. The second kappa shape index (κ2) is 11.5. The molecule has 9 aromatic carbocycles. The second-order valence-corrected chi connectivity index (χ2v) is 12.5. The summed E-state index contributed by atoms with van der Waals surface area (Å²) in [5.74, 6) is 0. The molecule has 2 heteroatoms. The highest BCUT2D eigenvalue weighted by Gasteiger charge is 2.19. The highest BCUT2D eigenvalue weighted by atomic mass is 16.3. The zero-order valence-corrected chi connectivity index (χ0v) is 26.9. The maximum absolute atomic E-state index is 8.57. The van der Waals surface area contributed by atoms with Gasteiger partial charge in [-0.25, -0.2) is 0 Å². The predicted molar refractivity (Wildman–Crippen MR) is 212 cm³/mol. The molecule has 0 aliphatic carbocycles. The minimum atomic E-state index is -0.406. The third kappa shape index (κ3) is 4.57. The van der Waals surface area contributed by atoms with E-state index in [1.54, 1.807) is 0 Å². The first-order chi connectivity index (χ1) is 26.9. The largest absolute Gasteiger partial charge is 0.455 e. The Morgan fingerprint density at radius 3 is 1.80 bits per heavy atom. The van der Waals surface area contributed by atoms with Crippen LogP contribution >= 0.6 is 0 Å². The Morgan fingerprint density at radius 1 is 0.420 bits per heavy atom. The van der Waals surface area contributed by atoms with Crippen molar-refractivity contribution in [1.82, 2.24) is 0 Å². The molecule has 1 aromatic heterocycles. The fourth-order valence-electron chi connectivity index (χ4n) is 7.40. The summed E-state index contributed by atoms with van der Waals surface area (Å²) in [6.07, 6.45) is 0. The van der Waals surface area contributed by atoms with Crippen molar-refractivity contribution in [1.29, 1.82) is 0 Å². The van der Waals surface area contributed by atoms with E-state index < -0.39 is 6.04 Å². The first kappa shape index (κ1) is 23.6. The van der Waals surface area contributed by atoms with Gasteiger partial charge >= 0.3 is 0 Å². The van der Waals surface area contributed by atoms with Crippen molar-refractivity contribution in [2.75, 3.05) is 4.90 Å². The average Bonchev–Trinajstić information content (AvgIpc) is 3.62. The molecule has 0 amide bonds. The lowest BCUT2D eigenvalue weighted by atomic mass is 9.93. The summed E-state index contributed by atoms with van der Waals surface area (Å²) < 4.78 is 48.1. The van der Waals surface area contributed by atoms with E-state index in [1.807, 2.05) is 48.5 Å². The lowest BCUT2D eigenvalue weighted by Gasteiger charge is -2.27. The first-order valence-electron chi connectivity index (χ1n) is 19.2. The van der Waals surface area contributed by atoms with Crippen LogP contribution in [0.5, 0.6) is 0 Å². The SMILES string of the molecule is [2H]c1c([2H])c([2H])c(-c2ccc(N(c3ccc(-c4cc5ccccc5c5ccccc45)cc3)c3cccc4c3ccc3c5ccccc5oc43)cc2)c([2H])c1[2H]. The summed E-state index contributed by atoms with van der Waals surface area (Å²) in [5.41, 5.74) is 7.37. The number of rotatable bonds is 5. The molecule has 0 N–H and O–H groups in total. The van der Waals surface area contributed by atoms with Gasteiger partial charge in [-0.1, -0.05) is 139 Å². The molecule has 0 atom stereocenters. The van der Waals surface area contributed by atoms with Crippen molar-refractivity contribution in [3.05, 3.63) is 188 Å². The molecule has 1 heterocycles. The van der Waals surface area contributed by atoms with Crippen LogP contribution in [0.1, 0.15) is 6.85 Å². The fourth-order valence-corrected chi connectivity index (χ4v) is 7.40. The minimum absolute atomic E-state index is 0.175. The predicted octanol–water partition coefficient (Wildman–Crippen LogP) is 13.8. The number of hydrogen-bond acceptors (Lipinski definition) is 2. The summed E-state index contributed by atoms with van der Waals surface area (Å²) >= 11 is 0. The molecule has 10 aromatic rings. The number of hydrogen-bond donors (Lipinski definition) is 0. The fraction of sp³-hybridized carbons (Fsp3) is 0. The molecule has 0 saturated carbocycles. The van der Waals surface area contributed by atoms with Gasteiger partial charge < -0.3 is 9.32 Å². The van der Waals surface area contributed by atoms with Gasteiger partial charge in [0.15, 0.2) is 0 Å². The molecule has 10 rings (SSSR count). The van der Waals surface area contributed by atoms with Crippen molar-refractivity contribution in [2.45, 2.75) is 0 Å². The molecular weight excluding hydrogens is 607 g/mol. The van der Waals surface area contributed by atoms with Gasteiger partial charge in [-0.15, -0.1) is 0 Å². The van der Waals surface area contributed by atoms with E-state index in [4.69, 9.17) is 11.3 Å². The summed E-state index contributed by atoms with van der Waals surface area (Å²) in [4.78, 5) is 2.20. The molecule has 0 radical (unpaired) electrons. The Labute approximate surface area is 297 Å². The Kier molecular flexibility index (Phi) is 5.44. The van der Waals surface area contributed by atoms with E-state index in [9.17, 15) is 0 Å². The van der Waals surface area contributed by atoms with E-state index in [1.165, 1.54) is 21.5 Å². The Hall–Kier alpha value is -6.64. The van der Waals surface area contributed by atoms with E-state index in [0.717, 1.165) is 60.9 Å². The molecule has 50 heavy (non-hydrogen) atoms. The standard InChI is InChI=1S/C48H31NO/c1-2-11-32(12-3-1)33-21-25-36(26-22-33)49(46-19-10-18-43-41(46)29-30-44-42-17-8-9-20-47(42)50-48(43)44)37-27-23-34(24-28-37)45-31-35-13-4-5-14-38(35)39-15-6-7-16-40(39)45/h1-31H/i1D,2D,3D,11D,12D. The van der Waals surface area contributed by atoms with Gasteiger partial charge in [0, 0.05) is 32.9 Å². The van der Waals surface area contributed by atoms with Gasteiger partial charge in [-0.2, -0.15) is 0 Å². The van der Waals surface area contributed by atoms with E-state index in [-0.39, 0.29) is 29.7 Å². The zero-order valence-electron chi connectivity index (χ0n) is 31.9. The highest BCUT2D eigenvalue weighted by molar-refractivity contribution is 6.18. The van der Waals surface area contributed by atoms with Gasteiger partial charge in [0.1, 0.15) is 11.2 Å². The van der Waals surface area contributed by atoms with Crippen molar-refractivity contribution in [3.63, 3.8) is 0 Å². The van der Waals surface area contributed by atoms with Crippen LogP contribution < -0.4 is 4.90 Å². The third-order valence-electron chi connectivity index (χ3n) is 9.74. The van der Waals surface area contributed by atoms with Crippen LogP contribution in [0.3, 0.4) is 0 Å². The van der Waals surface area contributed by atoms with Gasteiger partial charge in [0.2, 0.25) is 0 Å². The van der Waals surface area contributed by atoms with Gasteiger partial charge in [0.05, 0.1) is 12.5 Å². The molecular formula is C48H31NO. The van der Waals surface area contributed by atoms with Crippen LogP contribution in [0, 0.1) is 0 Å². The quantitative estimate of drug-likeness (QED) is 0.174. The molecule has 234 valence electrons. The van der Waals surface area contributed by atoms with Gasteiger partial charge in [-0.05, 0) is 92.3 Å². The molecule has 0 saturated heterocycles. The molecule has 0 fully saturated rings. The Morgan fingerprint density at radius 2 is 1.02 bits per heavy atom. The van der Waals surface area contributed by atoms with Crippen molar-refractivity contribution >= 4 is 71.3 Å². The average molecular weight is 643 g/mol. The molecule has 0 aliphatic rings. The van der Waals surface area contributed by atoms with Crippen LogP contribution in [0.4, 0.5) is 17.1 Å². The smallest absolute Gasteiger partial charge is 0.143 e. The lowest BCUT2D eigenvalue weighted by Crippen LogP contribution is -2.10. The normalized spacial score (nSPS) is 13.0. The number of fused-ring (bicyclic) bond motifs is 8. The summed E-state index contributed by atoms with van der Waals surface area (Å²) in [7, 11) is 0. The maximum Gasteiger partial charge on any atom is 0.143 e. The van der Waals surface area contributed by atoms with E-state index in [0.29, 0.717) is 5.56 Å². The minimum Gasteiger partial charge on any atom is -0.455 e. The highest BCUT2D eigenvalue weighted by Crippen LogP contribution is 2.44.